The van der Waals surface area contributed by atoms with Gasteiger partial charge in [-0.25, -0.2) is 9.18 Å². The van der Waals surface area contributed by atoms with E-state index in [0.29, 0.717) is 11.4 Å². The van der Waals surface area contributed by atoms with Gasteiger partial charge in [-0.2, -0.15) is 16.3 Å². The Balaban J connectivity index is 1.57. The van der Waals surface area contributed by atoms with Crippen LogP contribution in [0.25, 0.3) is 17.5 Å². The first-order valence-corrected chi connectivity index (χ1v) is 7.60. The maximum absolute atomic E-state index is 12.9. The molecule has 5 nitrogen and oxygen atoms in total. The smallest absolute Gasteiger partial charge is 0.331 e. The van der Waals surface area contributed by atoms with Crippen molar-refractivity contribution in [2.45, 2.75) is 6.61 Å². The molecule has 0 unspecified atom stereocenters. The van der Waals surface area contributed by atoms with Gasteiger partial charge in [0.05, 0.1) is 0 Å². The van der Waals surface area contributed by atoms with Gasteiger partial charge in [-0.05, 0) is 52.7 Å². The summed E-state index contributed by atoms with van der Waals surface area (Å²) in [4.78, 5) is 15.7. The zero-order valence-corrected chi connectivity index (χ0v) is 12.6. The van der Waals surface area contributed by atoms with E-state index in [2.05, 4.69) is 10.1 Å². The fourth-order valence-electron chi connectivity index (χ4n) is 1.74. The second kappa shape index (κ2) is 6.97. The number of carbonyl (C=O) groups excluding carboxylic acids is 1. The number of hydrogen-bond donors (Lipinski definition) is 0. The van der Waals surface area contributed by atoms with Crippen LogP contribution in [0, 0.1) is 5.82 Å². The van der Waals surface area contributed by atoms with Crippen molar-refractivity contribution in [3.8, 4) is 11.4 Å². The van der Waals surface area contributed by atoms with Crippen molar-refractivity contribution >= 4 is 23.4 Å². The average Bonchev–Trinajstić information content (AvgIpc) is 3.23. The normalized spacial score (nSPS) is 11.0. The van der Waals surface area contributed by atoms with Crippen LogP contribution >= 0.6 is 11.3 Å². The monoisotopic (exact) mass is 330 g/mol. The SMILES string of the molecule is O=C(/C=C/c1ccsc1)OCc1nc(-c2ccc(F)cc2)no1. The summed E-state index contributed by atoms with van der Waals surface area (Å²) in [5, 5.41) is 7.59. The van der Waals surface area contributed by atoms with Crippen LogP contribution in [0.4, 0.5) is 4.39 Å². The van der Waals surface area contributed by atoms with Gasteiger partial charge in [-0.3, -0.25) is 0 Å². The molecular weight excluding hydrogens is 319 g/mol. The van der Waals surface area contributed by atoms with Crippen LogP contribution in [-0.2, 0) is 16.1 Å². The molecule has 0 N–H and O–H groups in total. The summed E-state index contributed by atoms with van der Waals surface area (Å²) >= 11 is 1.54. The zero-order chi connectivity index (χ0) is 16.1. The summed E-state index contributed by atoms with van der Waals surface area (Å²) < 4.78 is 22.9. The van der Waals surface area contributed by atoms with E-state index in [0.717, 1.165) is 5.56 Å². The Hall–Kier alpha value is -2.80. The Labute approximate surface area is 135 Å². The number of ether oxygens (including phenoxy) is 1. The van der Waals surface area contributed by atoms with Gasteiger partial charge in [0.1, 0.15) is 5.82 Å². The maximum Gasteiger partial charge on any atom is 0.331 e. The first-order valence-electron chi connectivity index (χ1n) is 6.66. The van der Waals surface area contributed by atoms with Crippen molar-refractivity contribution in [1.82, 2.24) is 10.1 Å². The molecule has 0 spiro atoms. The summed E-state index contributed by atoms with van der Waals surface area (Å²) in [6, 6.07) is 7.59. The molecule has 7 heteroatoms. The Morgan fingerprint density at radius 1 is 1.30 bits per heavy atom. The Bertz CT molecular complexity index is 810. The van der Waals surface area contributed by atoms with E-state index in [1.54, 1.807) is 29.5 Å². The highest BCUT2D eigenvalue weighted by Crippen LogP contribution is 2.16. The van der Waals surface area contributed by atoms with Gasteiger partial charge in [0.15, 0.2) is 6.61 Å². The van der Waals surface area contributed by atoms with Crippen LogP contribution < -0.4 is 0 Å². The maximum atomic E-state index is 12.9. The molecule has 116 valence electrons. The zero-order valence-electron chi connectivity index (χ0n) is 11.8. The van der Waals surface area contributed by atoms with Crippen molar-refractivity contribution in [3.63, 3.8) is 0 Å². The summed E-state index contributed by atoms with van der Waals surface area (Å²) in [6.07, 6.45) is 3.00. The van der Waals surface area contributed by atoms with E-state index < -0.39 is 5.97 Å². The quantitative estimate of drug-likeness (QED) is 0.527. The molecular formula is C16H11FN2O3S. The molecule has 0 atom stereocenters. The summed E-state index contributed by atoms with van der Waals surface area (Å²) in [7, 11) is 0. The lowest BCUT2D eigenvalue weighted by atomic mass is 10.2. The minimum Gasteiger partial charge on any atom is -0.452 e. The predicted molar refractivity (Wildman–Crippen MR) is 82.8 cm³/mol. The Kier molecular flexibility index (Phi) is 4.58. The highest BCUT2D eigenvalue weighted by Gasteiger charge is 2.10. The third-order valence-electron chi connectivity index (χ3n) is 2.86. The lowest BCUT2D eigenvalue weighted by Gasteiger charge is -1.96. The molecule has 0 bridgehead atoms. The molecule has 23 heavy (non-hydrogen) atoms. The van der Waals surface area contributed by atoms with Gasteiger partial charge in [-0.15, -0.1) is 0 Å². The standard InChI is InChI=1S/C16H11FN2O3S/c17-13-4-2-12(3-5-13)16-18-14(22-19-16)9-21-15(20)6-1-11-7-8-23-10-11/h1-8,10H,9H2/b6-1+. The van der Waals surface area contributed by atoms with Crippen molar-refractivity contribution in [3.05, 3.63) is 64.4 Å². The van der Waals surface area contributed by atoms with Crippen LogP contribution in [-0.4, -0.2) is 16.1 Å². The van der Waals surface area contributed by atoms with E-state index in [1.807, 2.05) is 16.8 Å². The third kappa shape index (κ3) is 4.10. The molecule has 1 aromatic carbocycles. The van der Waals surface area contributed by atoms with E-state index in [-0.39, 0.29) is 18.3 Å². The summed E-state index contributed by atoms with van der Waals surface area (Å²) in [6.45, 7) is -0.124. The second-order valence-corrected chi connectivity index (χ2v) is 5.30. The largest absolute Gasteiger partial charge is 0.452 e. The number of halogens is 1. The highest BCUT2D eigenvalue weighted by atomic mass is 32.1. The second-order valence-electron chi connectivity index (χ2n) is 4.52. The van der Waals surface area contributed by atoms with Crippen LogP contribution in [0.5, 0.6) is 0 Å². The number of esters is 1. The van der Waals surface area contributed by atoms with Gasteiger partial charge in [0, 0.05) is 11.6 Å². The van der Waals surface area contributed by atoms with E-state index in [9.17, 15) is 9.18 Å². The van der Waals surface area contributed by atoms with Gasteiger partial charge in [0.25, 0.3) is 5.89 Å². The number of hydrogen-bond acceptors (Lipinski definition) is 6. The van der Waals surface area contributed by atoms with Gasteiger partial charge in [-0.1, -0.05) is 5.16 Å². The van der Waals surface area contributed by atoms with Crippen molar-refractivity contribution in [2.75, 3.05) is 0 Å². The predicted octanol–water partition coefficient (Wildman–Crippen LogP) is 3.69. The van der Waals surface area contributed by atoms with Crippen LogP contribution in [0.15, 0.2) is 51.7 Å². The number of carbonyl (C=O) groups is 1. The molecule has 0 aliphatic heterocycles. The van der Waals surface area contributed by atoms with Crippen molar-refractivity contribution in [2.24, 2.45) is 0 Å². The average molecular weight is 330 g/mol. The van der Waals surface area contributed by atoms with Crippen molar-refractivity contribution < 1.29 is 18.4 Å². The first-order chi connectivity index (χ1) is 11.2. The fourth-order valence-corrected chi connectivity index (χ4v) is 2.37. The number of rotatable bonds is 5. The van der Waals surface area contributed by atoms with E-state index >= 15 is 0 Å². The first kappa shape index (κ1) is 15.1. The Morgan fingerprint density at radius 2 is 2.13 bits per heavy atom. The number of thiophene rings is 1. The van der Waals surface area contributed by atoms with Crippen LogP contribution in [0.2, 0.25) is 0 Å². The van der Waals surface area contributed by atoms with E-state index in [1.165, 1.54) is 18.2 Å². The molecule has 2 heterocycles. The minimum atomic E-state index is -0.502. The van der Waals surface area contributed by atoms with Crippen molar-refractivity contribution in [1.29, 1.82) is 0 Å². The molecule has 3 rings (SSSR count). The topological polar surface area (TPSA) is 65.2 Å². The Morgan fingerprint density at radius 3 is 2.87 bits per heavy atom. The molecule has 2 aromatic heterocycles. The molecule has 0 amide bonds. The molecule has 0 radical (unpaired) electrons. The number of nitrogens with zero attached hydrogens (tertiary/aromatic N) is 2. The minimum absolute atomic E-state index is 0.124. The third-order valence-corrected chi connectivity index (χ3v) is 3.56. The molecule has 0 saturated heterocycles. The number of benzene rings is 1. The molecule has 0 fully saturated rings. The van der Waals surface area contributed by atoms with Gasteiger partial charge < -0.3 is 9.26 Å². The molecule has 0 saturated carbocycles. The van der Waals surface area contributed by atoms with Gasteiger partial charge in [0.2, 0.25) is 5.82 Å². The highest BCUT2D eigenvalue weighted by molar-refractivity contribution is 7.08. The van der Waals surface area contributed by atoms with Crippen LogP contribution in [0.1, 0.15) is 11.5 Å². The fraction of sp³-hybridized carbons (Fsp3) is 0.0625. The van der Waals surface area contributed by atoms with Gasteiger partial charge >= 0.3 is 5.97 Å². The summed E-state index contributed by atoms with van der Waals surface area (Å²) in [5.41, 5.74) is 1.55. The molecule has 3 aromatic rings. The molecule has 0 aliphatic rings. The molecule has 0 aliphatic carbocycles. The van der Waals surface area contributed by atoms with E-state index in [4.69, 9.17) is 9.26 Å². The lowest BCUT2D eigenvalue weighted by molar-refractivity contribution is -0.139. The summed E-state index contributed by atoms with van der Waals surface area (Å²) in [5.74, 6) is -0.368. The van der Waals surface area contributed by atoms with Crippen LogP contribution in [0.3, 0.4) is 0 Å². The number of aromatic nitrogens is 2. The lowest BCUT2D eigenvalue weighted by Crippen LogP contribution is -2.00.